The Kier molecular flexibility index (Phi) is 14.6. The number of aliphatic hydroxyl groups is 1. The summed E-state index contributed by atoms with van der Waals surface area (Å²) in [4.78, 5) is 39.4. The maximum Gasteiger partial charge on any atom is 0.331 e. The fourth-order valence-electron chi connectivity index (χ4n) is 4.45. The minimum Gasteiger partial charge on any atom is -0.463 e. The number of esters is 2. The molecule has 2 fully saturated rings. The molecule has 2 heterocycles. The lowest BCUT2D eigenvalue weighted by Gasteiger charge is -2.20. The van der Waals surface area contributed by atoms with Gasteiger partial charge in [0.05, 0.1) is 13.2 Å². The Bertz CT molecular complexity index is 639. The number of nitrogens with zero attached hydrogens (tertiary/aromatic N) is 2. The van der Waals surface area contributed by atoms with Crippen molar-refractivity contribution in [1.29, 1.82) is 0 Å². The summed E-state index contributed by atoms with van der Waals surface area (Å²) in [5, 5.41) is 9.75. The van der Waals surface area contributed by atoms with Gasteiger partial charge in [-0.2, -0.15) is 0 Å². The number of carbonyl (C=O) groups is 3. The second-order valence-corrected chi connectivity index (χ2v) is 9.35. The zero-order chi connectivity index (χ0) is 24.4. The second kappa shape index (κ2) is 17.5. The summed E-state index contributed by atoms with van der Waals surface area (Å²) in [7, 11) is 0. The highest BCUT2D eigenvalue weighted by atomic mass is 16.5. The van der Waals surface area contributed by atoms with Gasteiger partial charge in [0.2, 0.25) is 5.91 Å². The zero-order valence-corrected chi connectivity index (χ0v) is 20.8. The molecule has 0 aromatic heterocycles. The van der Waals surface area contributed by atoms with Crippen molar-refractivity contribution in [1.82, 2.24) is 9.80 Å². The lowest BCUT2D eigenvalue weighted by molar-refractivity contribution is -0.140. The fourth-order valence-corrected chi connectivity index (χ4v) is 4.45. The molecule has 34 heavy (non-hydrogen) atoms. The molecule has 2 aliphatic rings. The minimum atomic E-state index is -0.531. The molecule has 2 aliphatic heterocycles. The molecule has 1 unspecified atom stereocenters. The van der Waals surface area contributed by atoms with Crippen molar-refractivity contribution in [3.8, 4) is 0 Å². The molecule has 1 N–H and O–H groups in total. The molecule has 2 saturated heterocycles. The monoisotopic (exact) mass is 480 g/mol. The number of aliphatic hydroxyl groups excluding tert-OH is 1. The van der Waals surface area contributed by atoms with E-state index in [9.17, 15) is 19.5 Å². The van der Waals surface area contributed by atoms with Crippen LogP contribution in [-0.2, 0) is 23.9 Å². The average molecular weight is 481 g/mol. The third kappa shape index (κ3) is 12.5. The lowest BCUT2D eigenvalue weighted by Crippen LogP contribution is -2.31. The summed E-state index contributed by atoms with van der Waals surface area (Å²) in [6.45, 7) is 4.28. The Labute approximate surface area is 204 Å². The molecule has 0 saturated carbocycles. The third-order valence-electron chi connectivity index (χ3n) is 6.51. The van der Waals surface area contributed by atoms with Crippen LogP contribution in [0.1, 0.15) is 89.9 Å². The summed E-state index contributed by atoms with van der Waals surface area (Å²) in [5.74, 6) is -0.775. The van der Waals surface area contributed by atoms with E-state index < -0.39 is 11.9 Å². The van der Waals surface area contributed by atoms with Gasteiger partial charge in [0.1, 0.15) is 6.23 Å². The molecular weight excluding hydrogens is 436 g/mol. The predicted molar refractivity (Wildman–Crippen MR) is 130 cm³/mol. The smallest absolute Gasteiger partial charge is 0.331 e. The first-order valence-corrected chi connectivity index (χ1v) is 13.3. The molecule has 0 bridgehead atoms. The molecule has 0 aromatic carbocycles. The van der Waals surface area contributed by atoms with Crippen LogP contribution in [0.4, 0.5) is 0 Å². The van der Waals surface area contributed by atoms with Gasteiger partial charge in [-0.05, 0) is 57.8 Å². The van der Waals surface area contributed by atoms with Gasteiger partial charge >= 0.3 is 11.9 Å². The molecule has 0 spiro atoms. The fraction of sp³-hybridized carbons (Fsp3) is 0.808. The number of rotatable bonds is 16. The maximum atomic E-state index is 11.9. The van der Waals surface area contributed by atoms with E-state index in [0.717, 1.165) is 122 Å². The SMILES string of the molecule is O=C(/C=C\C(=O)OCCCCCCN1CCCC1O)OCCCCCCN1CCCCCC1=O. The lowest BCUT2D eigenvalue weighted by atomic mass is 10.2. The van der Waals surface area contributed by atoms with Crippen molar-refractivity contribution in [2.75, 3.05) is 39.4 Å². The highest BCUT2D eigenvalue weighted by Crippen LogP contribution is 2.15. The average Bonchev–Trinajstić information content (AvgIpc) is 3.12. The molecular formula is C26H44N2O6. The normalized spacial score (nSPS) is 19.5. The van der Waals surface area contributed by atoms with Gasteiger partial charge in [-0.3, -0.25) is 9.69 Å². The van der Waals surface area contributed by atoms with Crippen LogP contribution in [0.5, 0.6) is 0 Å². The van der Waals surface area contributed by atoms with E-state index in [1.165, 1.54) is 0 Å². The third-order valence-corrected chi connectivity index (χ3v) is 6.51. The summed E-state index contributed by atoms with van der Waals surface area (Å²) in [6, 6.07) is 0. The van der Waals surface area contributed by atoms with Crippen LogP contribution in [0.15, 0.2) is 12.2 Å². The Morgan fingerprint density at radius 3 is 2.03 bits per heavy atom. The number of carbonyl (C=O) groups excluding carboxylic acids is 3. The van der Waals surface area contributed by atoms with Crippen molar-refractivity contribution in [2.45, 2.75) is 96.1 Å². The Morgan fingerprint density at radius 1 is 0.794 bits per heavy atom. The van der Waals surface area contributed by atoms with E-state index in [-0.39, 0.29) is 12.1 Å². The molecule has 2 rings (SSSR count). The van der Waals surface area contributed by atoms with Crippen LogP contribution < -0.4 is 0 Å². The highest BCUT2D eigenvalue weighted by molar-refractivity contribution is 5.91. The summed E-state index contributed by atoms with van der Waals surface area (Å²) < 4.78 is 10.2. The number of hydrogen-bond acceptors (Lipinski definition) is 7. The highest BCUT2D eigenvalue weighted by Gasteiger charge is 2.20. The molecule has 0 aliphatic carbocycles. The van der Waals surface area contributed by atoms with Crippen molar-refractivity contribution in [3.05, 3.63) is 12.2 Å². The molecule has 0 radical (unpaired) electrons. The van der Waals surface area contributed by atoms with E-state index in [4.69, 9.17) is 9.47 Å². The van der Waals surface area contributed by atoms with E-state index >= 15 is 0 Å². The quantitative estimate of drug-likeness (QED) is 0.205. The van der Waals surface area contributed by atoms with Crippen molar-refractivity contribution < 1.29 is 29.0 Å². The number of ether oxygens (including phenoxy) is 2. The van der Waals surface area contributed by atoms with Gasteiger partial charge in [0, 0.05) is 44.8 Å². The number of likely N-dealkylation sites (tertiary alicyclic amines) is 2. The van der Waals surface area contributed by atoms with E-state index in [0.29, 0.717) is 19.6 Å². The van der Waals surface area contributed by atoms with Crippen molar-refractivity contribution >= 4 is 17.8 Å². The topological polar surface area (TPSA) is 96.4 Å². The molecule has 8 nitrogen and oxygen atoms in total. The Balaban J connectivity index is 1.38. The summed E-state index contributed by atoms with van der Waals surface area (Å²) >= 11 is 0. The van der Waals surface area contributed by atoms with Gasteiger partial charge < -0.3 is 19.5 Å². The van der Waals surface area contributed by atoms with Crippen molar-refractivity contribution in [2.24, 2.45) is 0 Å². The van der Waals surface area contributed by atoms with Gasteiger partial charge in [0.25, 0.3) is 0 Å². The Morgan fingerprint density at radius 2 is 1.41 bits per heavy atom. The van der Waals surface area contributed by atoms with Crippen LogP contribution in [0.3, 0.4) is 0 Å². The first-order chi connectivity index (χ1) is 16.6. The maximum absolute atomic E-state index is 11.9. The molecule has 8 heteroatoms. The van der Waals surface area contributed by atoms with Crippen LogP contribution in [0, 0.1) is 0 Å². The minimum absolute atomic E-state index is 0.272. The Hall–Kier alpha value is -1.93. The van der Waals surface area contributed by atoms with E-state index in [1.807, 2.05) is 4.90 Å². The van der Waals surface area contributed by atoms with Gasteiger partial charge in [-0.25, -0.2) is 9.59 Å². The van der Waals surface area contributed by atoms with E-state index in [2.05, 4.69) is 4.90 Å². The largest absolute Gasteiger partial charge is 0.463 e. The predicted octanol–water partition coefficient (Wildman–Crippen LogP) is 3.57. The van der Waals surface area contributed by atoms with Crippen LogP contribution in [0.2, 0.25) is 0 Å². The van der Waals surface area contributed by atoms with Gasteiger partial charge in [0.15, 0.2) is 0 Å². The van der Waals surface area contributed by atoms with Gasteiger partial charge in [-0.15, -0.1) is 0 Å². The van der Waals surface area contributed by atoms with Crippen LogP contribution in [0.25, 0.3) is 0 Å². The first-order valence-electron chi connectivity index (χ1n) is 13.3. The molecule has 194 valence electrons. The van der Waals surface area contributed by atoms with Crippen LogP contribution >= 0.6 is 0 Å². The summed E-state index contributed by atoms with van der Waals surface area (Å²) in [5.41, 5.74) is 0. The standard InChI is InChI=1S/C26H44N2O6/c29-23-13-6-5-9-19-27(23)17-7-1-3-10-21-33-25(31)15-16-26(32)34-22-11-4-2-8-18-28-20-12-14-24(28)30/h15-16,24,30H,1-14,17-22H2/b16-15-. The second-order valence-electron chi connectivity index (χ2n) is 9.35. The molecule has 1 atom stereocenters. The number of unbranched alkanes of at least 4 members (excludes halogenated alkanes) is 6. The van der Waals surface area contributed by atoms with E-state index in [1.54, 1.807) is 0 Å². The number of hydrogen-bond donors (Lipinski definition) is 1. The van der Waals surface area contributed by atoms with Gasteiger partial charge in [-0.1, -0.05) is 25.7 Å². The molecule has 0 aromatic rings. The van der Waals surface area contributed by atoms with Crippen molar-refractivity contribution in [3.63, 3.8) is 0 Å². The number of amides is 1. The summed E-state index contributed by atoms with van der Waals surface area (Å²) in [6.07, 6.45) is 15.4. The zero-order valence-electron chi connectivity index (χ0n) is 20.8. The first kappa shape index (κ1) is 28.3. The van der Waals surface area contributed by atoms with Crippen LogP contribution in [-0.4, -0.2) is 78.4 Å². The molecule has 1 amide bonds.